The average molecular weight is 419 g/mol. The van der Waals surface area contributed by atoms with Gasteiger partial charge in [-0.1, -0.05) is 59.6 Å². The van der Waals surface area contributed by atoms with Crippen LogP contribution in [0.25, 0.3) is 6.08 Å². The Labute approximate surface area is 179 Å². The SMILES string of the molecule is Cc1cccc(COc2ccc(Cl)cc2/C=C2/C(=O)NN(c3ccccc3)C2=O)c1. The van der Waals surface area contributed by atoms with Gasteiger partial charge in [0.25, 0.3) is 11.8 Å². The van der Waals surface area contributed by atoms with Crippen LogP contribution in [0.1, 0.15) is 16.7 Å². The van der Waals surface area contributed by atoms with Gasteiger partial charge in [-0.2, -0.15) is 0 Å². The first-order valence-electron chi connectivity index (χ1n) is 9.41. The molecule has 1 fully saturated rings. The molecule has 4 rings (SSSR count). The lowest BCUT2D eigenvalue weighted by Crippen LogP contribution is -2.35. The second-order valence-electron chi connectivity index (χ2n) is 6.93. The Morgan fingerprint density at radius 3 is 2.57 bits per heavy atom. The molecule has 1 N–H and O–H groups in total. The second kappa shape index (κ2) is 8.43. The highest BCUT2D eigenvalue weighted by Gasteiger charge is 2.34. The standard InChI is InChI=1S/C24H19ClN2O3/c1-16-6-5-7-17(12-16)15-30-22-11-10-19(25)13-18(22)14-21-23(28)26-27(24(21)29)20-8-3-2-4-9-20/h2-14H,15H2,1H3,(H,26,28)/b21-14-. The number of rotatable bonds is 5. The number of hydrogen-bond donors (Lipinski definition) is 1. The van der Waals surface area contributed by atoms with Crippen molar-refractivity contribution in [3.05, 3.63) is 100 Å². The normalized spacial score (nSPS) is 14.9. The van der Waals surface area contributed by atoms with Crippen molar-refractivity contribution in [2.75, 3.05) is 5.01 Å². The maximum atomic E-state index is 12.8. The Morgan fingerprint density at radius 2 is 1.80 bits per heavy atom. The van der Waals surface area contributed by atoms with E-state index in [0.717, 1.165) is 11.1 Å². The van der Waals surface area contributed by atoms with E-state index in [1.165, 1.54) is 11.1 Å². The number of anilines is 1. The summed E-state index contributed by atoms with van der Waals surface area (Å²) in [7, 11) is 0. The molecule has 5 nitrogen and oxygen atoms in total. The van der Waals surface area contributed by atoms with Gasteiger partial charge in [-0.05, 0) is 48.9 Å². The third-order valence-corrected chi connectivity index (χ3v) is 4.89. The van der Waals surface area contributed by atoms with Gasteiger partial charge in [-0.25, -0.2) is 5.01 Å². The Bertz CT molecular complexity index is 1140. The number of carbonyl (C=O) groups excluding carboxylic acids is 2. The average Bonchev–Trinajstić information content (AvgIpc) is 3.02. The zero-order chi connectivity index (χ0) is 21.1. The van der Waals surface area contributed by atoms with Gasteiger partial charge in [0, 0.05) is 10.6 Å². The Morgan fingerprint density at radius 1 is 1.00 bits per heavy atom. The molecule has 2 amide bonds. The molecule has 1 aliphatic heterocycles. The van der Waals surface area contributed by atoms with Gasteiger partial charge in [0.2, 0.25) is 0 Å². The molecular formula is C24H19ClN2O3. The summed E-state index contributed by atoms with van der Waals surface area (Å²) in [4.78, 5) is 25.3. The minimum atomic E-state index is -0.478. The number of para-hydroxylation sites is 1. The van der Waals surface area contributed by atoms with E-state index in [-0.39, 0.29) is 5.57 Å². The molecule has 6 heteroatoms. The molecule has 0 radical (unpaired) electrons. The van der Waals surface area contributed by atoms with Crippen LogP contribution < -0.4 is 15.2 Å². The molecule has 1 heterocycles. The monoisotopic (exact) mass is 418 g/mol. The summed E-state index contributed by atoms with van der Waals surface area (Å²) in [6.07, 6.45) is 1.51. The molecule has 0 aliphatic carbocycles. The van der Waals surface area contributed by atoms with E-state index < -0.39 is 11.8 Å². The fourth-order valence-electron chi connectivity index (χ4n) is 3.20. The predicted octanol–water partition coefficient (Wildman–Crippen LogP) is 4.69. The minimum absolute atomic E-state index is 0.0153. The first kappa shape index (κ1) is 19.7. The number of ether oxygens (including phenoxy) is 1. The molecule has 1 saturated heterocycles. The van der Waals surface area contributed by atoms with Crippen molar-refractivity contribution in [2.24, 2.45) is 0 Å². The third-order valence-electron chi connectivity index (χ3n) is 4.65. The Kier molecular flexibility index (Phi) is 5.55. The number of carbonyl (C=O) groups is 2. The van der Waals surface area contributed by atoms with Crippen molar-refractivity contribution < 1.29 is 14.3 Å². The highest BCUT2D eigenvalue weighted by atomic mass is 35.5. The summed E-state index contributed by atoms with van der Waals surface area (Å²) in [5.41, 5.74) is 5.91. The molecule has 0 unspecified atom stereocenters. The van der Waals surface area contributed by atoms with Crippen LogP contribution in [-0.4, -0.2) is 11.8 Å². The summed E-state index contributed by atoms with van der Waals surface area (Å²) in [5, 5.41) is 1.71. The van der Waals surface area contributed by atoms with Gasteiger partial charge in [-0.15, -0.1) is 0 Å². The largest absolute Gasteiger partial charge is 0.488 e. The van der Waals surface area contributed by atoms with E-state index in [2.05, 4.69) is 5.43 Å². The lowest BCUT2D eigenvalue weighted by atomic mass is 10.1. The van der Waals surface area contributed by atoms with Crippen LogP contribution in [0.4, 0.5) is 5.69 Å². The van der Waals surface area contributed by atoms with Crippen LogP contribution in [0.5, 0.6) is 5.75 Å². The topological polar surface area (TPSA) is 58.6 Å². The summed E-state index contributed by atoms with van der Waals surface area (Å²) in [6.45, 7) is 2.38. The molecular weight excluding hydrogens is 400 g/mol. The molecule has 3 aromatic rings. The van der Waals surface area contributed by atoms with Crippen LogP contribution in [0.2, 0.25) is 5.02 Å². The Hall–Kier alpha value is -3.57. The zero-order valence-corrected chi connectivity index (χ0v) is 17.0. The summed E-state index contributed by atoms with van der Waals surface area (Å²) in [5.74, 6) is -0.378. The van der Waals surface area contributed by atoms with Gasteiger partial charge in [-0.3, -0.25) is 15.0 Å². The molecule has 3 aromatic carbocycles. The highest BCUT2D eigenvalue weighted by Crippen LogP contribution is 2.28. The van der Waals surface area contributed by atoms with Crippen molar-refractivity contribution in [3.8, 4) is 5.75 Å². The lowest BCUT2D eigenvalue weighted by Gasteiger charge is -2.14. The Balaban J connectivity index is 1.62. The smallest absolute Gasteiger partial charge is 0.282 e. The number of halogens is 1. The summed E-state index contributed by atoms with van der Waals surface area (Å²) in [6, 6.07) is 22.1. The number of nitrogens with zero attached hydrogens (tertiary/aromatic N) is 1. The number of hydrogen-bond acceptors (Lipinski definition) is 3. The van der Waals surface area contributed by atoms with E-state index in [1.807, 2.05) is 37.3 Å². The molecule has 0 saturated carbocycles. The van der Waals surface area contributed by atoms with Crippen LogP contribution >= 0.6 is 11.6 Å². The second-order valence-corrected chi connectivity index (χ2v) is 7.37. The summed E-state index contributed by atoms with van der Waals surface area (Å²) < 4.78 is 5.97. The molecule has 0 bridgehead atoms. The number of amides is 2. The molecule has 0 aromatic heterocycles. The number of nitrogens with one attached hydrogen (secondary N) is 1. The van der Waals surface area contributed by atoms with Crippen molar-refractivity contribution >= 4 is 35.2 Å². The minimum Gasteiger partial charge on any atom is -0.488 e. The molecule has 30 heavy (non-hydrogen) atoms. The van der Waals surface area contributed by atoms with Crippen LogP contribution in [0.15, 0.2) is 78.4 Å². The molecule has 0 spiro atoms. The van der Waals surface area contributed by atoms with Crippen LogP contribution in [0.3, 0.4) is 0 Å². The zero-order valence-electron chi connectivity index (χ0n) is 16.3. The maximum absolute atomic E-state index is 12.8. The maximum Gasteiger partial charge on any atom is 0.282 e. The first-order chi connectivity index (χ1) is 14.5. The molecule has 150 valence electrons. The molecule has 0 atom stereocenters. The van der Waals surface area contributed by atoms with Gasteiger partial charge >= 0.3 is 0 Å². The van der Waals surface area contributed by atoms with E-state index in [0.29, 0.717) is 28.6 Å². The van der Waals surface area contributed by atoms with E-state index in [1.54, 1.807) is 42.5 Å². The van der Waals surface area contributed by atoms with Crippen LogP contribution in [-0.2, 0) is 16.2 Å². The quantitative estimate of drug-likeness (QED) is 0.483. The van der Waals surface area contributed by atoms with Gasteiger partial charge in [0.15, 0.2) is 0 Å². The van der Waals surface area contributed by atoms with Gasteiger partial charge < -0.3 is 4.74 Å². The van der Waals surface area contributed by atoms with E-state index >= 15 is 0 Å². The van der Waals surface area contributed by atoms with E-state index in [9.17, 15) is 9.59 Å². The van der Waals surface area contributed by atoms with Gasteiger partial charge in [0.1, 0.15) is 17.9 Å². The molecule has 1 aliphatic rings. The summed E-state index contributed by atoms with van der Waals surface area (Å²) >= 11 is 6.16. The van der Waals surface area contributed by atoms with Crippen molar-refractivity contribution in [2.45, 2.75) is 13.5 Å². The fourth-order valence-corrected chi connectivity index (χ4v) is 3.38. The number of benzene rings is 3. The fraction of sp³-hybridized carbons (Fsp3) is 0.0833. The van der Waals surface area contributed by atoms with Crippen molar-refractivity contribution in [1.82, 2.24) is 5.43 Å². The number of hydrazine groups is 1. The van der Waals surface area contributed by atoms with Crippen molar-refractivity contribution in [3.63, 3.8) is 0 Å². The highest BCUT2D eigenvalue weighted by molar-refractivity contribution is 6.32. The lowest BCUT2D eigenvalue weighted by molar-refractivity contribution is -0.117. The van der Waals surface area contributed by atoms with Crippen molar-refractivity contribution in [1.29, 1.82) is 0 Å². The third kappa shape index (κ3) is 4.21. The number of aryl methyl sites for hydroxylation is 1. The van der Waals surface area contributed by atoms with E-state index in [4.69, 9.17) is 16.3 Å². The van der Waals surface area contributed by atoms with Crippen LogP contribution in [0, 0.1) is 6.92 Å². The first-order valence-corrected chi connectivity index (χ1v) is 9.79. The predicted molar refractivity (Wildman–Crippen MR) is 117 cm³/mol. The van der Waals surface area contributed by atoms with Gasteiger partial charge in [0.05, 0.1) is 5.69 Å².